The number of nitro groups is 1. The number of piperidine rings is 1. The van der Waals surface area contributed by atoms with Gasteiger partial charge in [-0.25, -0.2) is 4.98 Å². The summed E-state index contributed by atoms with van der Waals surface area (Å²) in [6.07, 6.45) is 3.56. The van der Waals surface area contributed by atoms with Crippen LogP contribution in [0, 0.1) is 22.0 Å². The molecule has 2 atom stereocenters. The molecule has 0 unspecified atom stereocenters. The van der Waals surface area contributed by atoms with E-state index in [0.29, 0.717) is 12.1 Å². The van der Waals surface area contributed by atoms with Gasteiger partial charge in [-0.05, 0) is 57.1 Å². The number of hydrogen-bond acceptors (Lipinski definition) is 6. The molecule has 154 valence electrons. The number of pyridine rings is 1. The number of amides is 1. The lowest BCUT2D eigenvalue weighted by Gasteiger charge is -2.30. The SMILES string of the molecule is C[C@H]1CN(c2ccc([N+](=O)[O-])c3ncccc23)C[C@@H]1C(=O)NC1CCN(C)CC1. The number of nitro benzene ring substituents is 1. The van der Waals surface area contributed by atoms with Crippen molar-refractivity contribution < 1.29 is 9.72 Å². The summed E-state index contributed by atoms with van der Waals surface area (Å²) in [5, 5.41) is 15.4. The number of anilines is 1. The van der Waals surface area contributed by atoms with E-state index in [4.69, 9.17) is 0 Å². The van der Waals surface area contributed by atoms with E-state index in [0.717, 1.165) is 43.5 Å². The van der Waals surface area contributed by atoms with Gasteiger partial charge in [0.25, 0.3) is 5.69 Å². The van der Waals surface area contributed by atoms with E-state index < -0.39 is 4.92 Å². The highest BCUT2D eigenvalue weighted by molar-refractivity contribution is 5.97. The molecule has 8 nitrogen and oxygen atoms in total. The first-order valence-corrected chi connectivity index (χ1v) is 10.2. The average Bonchev–Trinajstić information content (AvgIpc) is 3.10. The van der Waals surface area contributed by atoms with Crippen molar-refractivity contribution in [3.05, 3.63) is 40.6 Å². The minimum absolute atomic E-state index is 0.00755. The smallest absolute Gasteiger partial charge is 0.295 e. The molecule has 0 saturated carbocycles. The first-order valence-electron chi connectivity index (χ1n) is 10.2. The third kappa shape index (κ3) is 3.89. The van der Waals surface area contributed by atoms with E-state index in [9.17, 15) is 14.9 Å². The van der Waals surface area contributed by atoms with Crippen LogP contribution in [-0.4, -0.2) is 60.0 Å². The zero-order chi connectivity index (χ0) is 20.5. The number of fused-ring (bicyclic) bond motifs is 1. The summed E-state index contributed by atoms with van der Waals surface area (Å²) in [6, 6.07) is 7.21. The molecule has 2 aliphatic rings. The number of nitrogens with zero attached hydrogens (tertiary/aromatic N) is 4. The second-order valence-electron chi connectivity index (χ2n) is 8.34. The molecule has 4 rings (SSSR count). The first kappa shape index (κ1) is 19.6. The minimum Gasteiger partial charge on any atom is -0.370 e. The molecule has 0 aliphatic carbocycles. The Labute approximate surface area is 170 Å². The Hall–Kier alpha value is -2.74. The number of nitrogens with one attached hydrogen (secondary N) is 1. The summed E-state index contributed by atoms with van der Waals surface area (Å²) in [5.41, 5.74) is 1.30. The minimum atomic E-state index is -0.399. The van der Waals surface area contributed by atoms with E-state index in [1.165, 1.54) is 6.07 Å². The molecule has 3 heterocycles. The van der Waals surface area contributed by atoms with Gasteiger partial charge in [0.15, 0.2) is 0 Å². The van der Waals surface area contributed by atoms with E-state index in [1.54, 1.807) is 18.3 Å². The summed E-state index contributed by atoms with van der Waals surface area (Å²) in [5.74, 6) is 0.249. The molecule has 2 fully saturated rings. The summed E-state index contributed by atoms with van der Waals surface area (Å²) < 4.78 is 0. The van der Waals surface area contributed by atoms with Crippen molar-refractivity contribution in [3.63, 3.8) is 0 Å². The quantitative estimate of drug-likeness (QED) is 0.629. The molecule has 1 aromatic carbocycles. The third-order valence-corrected chi connectivity index (χ3v) is 6.28. The van der Waals surface area contributed by atoms with Crippen molar-refractivity contribution in [2.45, 2.75) is 25.8 Å². The molecule has 2 aliphatic heterocycles. The Morgan fingerprint density at radius 3 is 2.72 bits per heavy atom. The van der Waals surface area contributed by atoms with Gasteiger partial charge >= 0.3 is 0 Å². The molecule has 8 heteroatoms. The first-order chi connectivity index (χ1) is 13.9. The van der Waals surface area contributed by atoms with E-state index in [2.05, 4.69) is 34.1 Å². The predicted molar refractivity (Wildman–Crippen MR) is 112 cm³/mol. The maximum Gasteiger partial charge on any atom is 0.295 e. The fourth-order valence-electron chi connectivity index (χ4n) is 4.53. The highest BCUT2D eigenvalue weighted by Gasteiger charge is 2.36. The molecule has 0 bridgehead atoms. The second-order valence-corrected chi connectivity index (χ2v) is 8.34. The van der Waals surface area contributed by atoms with Crippen molar-refractivity contribution in [1.29, 1.82) is 0 Å². The van der Waals surface area contributed by atoms with Gasteiger partial charge in [-0.15, -0.1) is 0 Å². The summed E-state index contributed by atoms with van der Waals surface area (Å²) in [7, 11) is 2.11. The molecule has 1 amide bonds. The number of carbonyl (C=O) groups is 1. The second kappa shape index (κ2) is 7.94. The van der Waals surface area contributed by atoms with Gasteiger partial charge in [0.2, 0.25) is 5.91 Å². The number of likely N-dealkylation sites (tertiary alicyclic amines) is 1. The third-order valence-electron chi connectivity index (χ3n) is 6.28. The molecular weight excluding hydrogens is 370 g/mol. The number of rotatable bonds is 4. The van der Waals surface area contributed by atoms with Crippen LogP contribution >= 0.6 is 0 Å². The molecule has 2 aromatic rings. The van der Waals surface area contributed by atoms with Crippen LogP contribution in [0.2, 0.25) is 0 Å². The normalized spacial score (nSPS) is 23.4. The highest BCUT2D eigenvalue weighted by atomic mass is 16.6. The highest BCUT2D eigenvalue weighted by Crippen LogP contribution is 2.36. The lowest BCUT2D eigenvalue weighted by molar-refractivity contribution is -0.383. The van der Waals surface area contributed by atoms with E-state index in [1.807, 2.05) is 6.07 Å². The topological polar surface area (TPSA) is 91.6 Å². The van der Waals surface area contributed by atoms with Crippen LogP contribution in [-0.2, 0) is 4.79 Å². The molecule has 0 spiro atoms. The van der Waals surface area contributed by atoms with Gasteiger partial charge in [0.1, 0.15) is 5.52 Å². The number of hydrogen-bond donors (Lipinski definition) is 1. The Morgan fingerprint density at radius 1 is 1.24 bits per heavy atom. The Bertz CT molecular complexity index is 926. The van der Waals surface area contributed by atoms with Crippen molar-refractivity contribution in [1.82, 2.24) is 15.2 Å². The fourth-order valence-corrected chi connectivity index (χ4v) is 4.53. The predicted octanol–water partition coefficient (Wildman–Crippen LogP) is 2.43. The lowest BCUT2D eigenvalue weighted by Crippen LogP contribution is -2.46. The van der Waals surface area contributed by atoms with Gasteiger partial charge in [0.05, 0.1) is 10.8 Å². The maximum atomic E-state index is 12.9. The Morgan fingerprint density at radius 2 is 2.00 bits per heavy atom. The Balaban J connectivity index is 1.52. The van der Waals surface area contributed by atoms with E-state index >= 15 is 0 Å². The van der Waals surface area contributed by atoms with Crippen LogP contribution in [0.3, 0.4) is 0 Å². The van der Waals surface area contributed by atoms with Gasteiger partial charge in [-0.2, -0.15) is 0 Å². The summed E-state index contributed by atoms with van der Waals surface area (Å²) >= 11 is 0. The number of benzene rings is 1. The van der Waals surface area contributed by atoms with Gasteiger partial charge in [0, 0.05) is 42.5 Å². The molecule has 1 aromatic heterocycles. The zero-order valence-electron chi connectivity index (χ0n) is 16.9. The van der Waals surface area contributed by atoms with Crippen LogP contribution in [0.5, 0.6) is 0 Å². The van der Waals surface area contributed by atoms with Crippen molar-refractivity contribution in [2.75, 3.05) is 38.1 Å². The standard InChI is InChI=1S/C21H27N5O3/c1-14-12-25(13-17(14)21(27)23-15-7-10-24(2)11-8-15)18-5-6-19(26(28)29)20-16(18)4-3-9-22-20/h3-6,9,14-15,17H,7-8,10-13H2,1-2H3,(H,23,27)/t14-,17-/m0/s1. The summed E-state index contributed by atoms with van der Waals surface area (Å²) in [4.78, 5) is 32.6. The summed E-state index contributed by atoms with van der Waals surface area (Å²) in [6.45, 7) is 5.48. The van der Waals surface area contributed by atoms with Crippen LogP contribution < -0.4 is 10.2 Å². The molecule has 29 heavy (non-hydrogen) atoms. The zero-order valence-corrected chi connectivity index (χ0v) is 16.9. The number of aromatic nitrogens is 1. The van der Waals surface area contributed by atoms with Gasteiger partial charge in [-0.3, -0.25) is 14.9 Å². The molecule has 1 N–H and O–H groups in total. The van der Waals surface area contributed by atoms with Crippen molar-refractivity contribution >= 4 is 28.2 Å². The monoisotopic (exact) mass is 397 g/mol. The molecule has 2 saturated heterocycles. The van der Waals surface area contributed by atoms with Crippen LogP contribution in [0.15, 0.2) is 30.5 Å². The lowest BCUT2D eigenvalue weighted by atomic mass is 9.96. The number of carbonyl (C=O) groups excluding carboxylic acids is 1. The van der Waals surface area contributed by atoms with Crippen LogP contribution in [0.25, 0.3) is 10.9 Å². The van der Waals surface area contributed by atoms with Crippen molar-refractivity contribution in [2.24, 2.45) is 11.8 Å². The maximum absolute atomic E-state index is 12.9. The largest absolute Gasteiger partial charge is 0.370 e. The fraction of sp³-hybridized carbons (Fsp3) is 0.524. The van der Waals surface area contributed by atoms with Gasteiger partial charge < -0.3 is 15.1 Å². The van der Waals surface area contributed by atoms with E-state index in [-0.39, 0.29) is 29.5 Å². The van der Waals surface area contributed by atoms with Crippen LogP contribution in [0.4, 0.5) is 11.4 Å². The van der Waals surface area contributed by atoms with Gasteiger partial charge in [-0.1, -0.05) is 6.92 Å². The average molecular weight is 397 g/mol. The number of non-ortho nitro benzene ring substituents is 1. The Kier molecular flexibility index (Phi) is 5.36. The molecule has 0 radical (unpaired) electrons. The van der Waals surface area contributed by atoms with Crippen LogP contribution in [0.1, 0.15) is 19.8 Å². The molecular formula is C21H27N5O3. The van der Waals surface area contributed by atoms with Crippen molar-refractivity contribution in [3.8, 4) is 0 Å².